The average Bonchev–Trinajstić information content (AvgIpc) is 3.40. The van der Waals surface area contributed by atoms with E-state index in [-0.39, 0.29) is 23.1 Å². The molecule has 148 valence electrons. The molecule has 0 spiro atoms. The smallest absolute Gasteiger partial charge is 0.248 e. The first-order valence-corrected chi connectivity index (χ1v) is 11.1. The lowest BCUT2D eigenvalue weighted by Crippen LogP contribution is -2.39. The molecule has 0 radical (unpaired) electrons. The fourth-order valence-corrected chi connectivity index (χ4v) is 5.58. The van der Waals surface area contributed by atoms with Gasteiger partial charge in [0.2, 0.25) is 21.8 Å². The van der Waals surface area contributed by atoms with E-state index in [9.17, 15) is 12.8 Å². The molecule has 1 aliphatic rings. The molecule has 0 bridgehead atoms. The summed E-state index contributed by atoms with van der Waals surface area (Å²) >= 11 is 1.53. The summed E-state index contributed by atoms with van der Waals surface area (Å²) in [5.74, 6) is 0.0876. The maximum Gasteiger partial charge on any atom is 0.248 e. The molecule has 7 nitrogen and oxygen atoms in total. The maximum atomic E-state index is 13.7. The molecule has 1 aromatic carbocycles. The summed E-state index contributed by atoms with van der Waals surface area (Å²) in [7, 11) is -2.57. The predicted molar refractivity (Wildman–Crippen MR) is 101 cm³/mol. The van der Waals surface area contributed by atoms with Crippen LogP contribution in [0, 0.1) is 5.82 Å². The van der Waals surface area contributed by atoms with Gasteiger partial charge in [0.25, 0.3) is 0 Å². The third-order valence-corrected chi connectivity index (χ3v) is 7.26. The molecule has 1 fully saturated rings. The number of hydrogen-bond donors (Lipinski definition) is 0. The van der Waals surface area contributed by atoms with Crippen molar-refractivity contribution < 1.29 is 22.0 Å². The molecule has 3 aromatic rings. The van der Waals surface area contributed by atoms with Crippen molar-refractivity contribution in [2.75, 3.05) is 20.2 Å². The minimum absolute atomic E-state index is 0.112. The van der Waals surface area contributed by atoms with Crippen LogP contribution in [0.1, 0.15) is 24.7 Å². The highest BCUT2D eigenvalue weighted by molar-refractivity contribution is 7.89. The van der Waals surface area contributed by atoms with Gasteiger partial charge in [-0.3, -0.25) is 0 Å². The Morgan fingerprint density at radius 2 is 2.18 bits per heavy atom. The lowest BCUT2D eigenvalue weighted by molar-refractivity contribution is 0.285. The van der Waals surface area contributed by atoms with Crippen LogP contribution in [0.25, 0.3) is 11.5 Å². The number of sulfonamides is 1. The number of thiophene rings is 1. The number of methoxy groups -OCH3 is 1. The highest BCUT2D eigenvalue weighted by Crippen LogP contribution is 2.34. The van der Waals surface area contributed by atoms with Crippen molar-refractivity contribution in [1.29, 1.82) is 0 Å². The molecular weight excluding hydrogens is 405 g/mol. The largest absolute Gasteiger partial charge is 0.495 e. The molecule has 1 unspecified atom stereocenters. The van der Waals surface area contributed by atoms with Crippen LogP contribution in [0.5, 0.6) is 5.75 Å². The molecule has 1 saturated heterocycles. The van der Waals surface area contributed by atoms with Crippen LogP contribution in [0.4, 0.5) is 4.39 Å². The topological polar surface area (TPSA) is 85.5 Å². The van der Waals surface area contributed by atoms with E-state index in [1.165, 1.54) is 34.9 Å². The lowest BCUT2D eigenvalue weighted by atomic mass is 10.00. The van der Waals surface area contributed by atoms with Crippen molar-refractivity contribution in [1.82, 2.24) is 14.5 Å². The van der Waals surface area contributed by atoms with Crippen LogP contribution >= 0.6 is 11.3 Å². The summed E-state index contributed by atoms with van der Waals surface area (Å²) in [4.78, 5) is -0.180. The quantitative estimate of drug-likeness (QED) is 0.624. The number of piperidine rings is 1. The van der Waals surface area contributed by atoms with Crippen molar-refractivity contribution in [3.05, 3.63) is 46.7 Å². The van der Waals surface area contributed by atoms with Gasteiger partial charge in [-0.2, -0.15) is 15.6 Å². The van der Waals surface area contributed by atoms with Gasteiger partial charge >= 0.3 is 0 Å². The summed E-state index contributed by atoms with van der Waals surface area (Å²) in [6.07, 6.45) is 1.37. The maximum absolute atomic E-state index is 13.7. The van der Waals surface area contributed by atoms with Crippen molar-refractivity contribution in [3.8, 4) is 17.2 Å². The van der Waals surface area contributed by atoms with Crippen LogP contribution in [0.15, 0.2) is 44.3 Å². The second-order valence-corrected chi connectivity index (χ2v) is 9.14. The first kappa shape index (κ1) is 19.0. The molecule has 0 amide bonds. The van der Waals surface area contributed by atoms with Gasteiger partial charge in [-0.15, -0.1) is 10.2 Å². The summed E-state index contributed by atoms with van der Waals surface area (Å²) < 4.78 is 52.1. The molecule has 2 aromatic heterocycles. The molecule has 0 aliphatic carbocycles. The molecule has 3 heterocycles. The highest BCUT2D eigenvalue weighted by atomic mass is 32.2. The second kappa shape index (κ2) is 7.61. The molecule has 1 atom stereocenters. The van der Waals surface area contributed by atoms with Gasteiger partial charge in [0.05, 0.1) is 13.0 Å². The number of rotatable bonds is 5. The molecule has 0 N–H and O–H groups in total. The van der Waals surface area contributed by atoms with Crippen molar-refractivity contribution in [3.63, 3.8) is 0 Å². The monoisotopic (exact) mass is 423 g/mol. The summed E-state index contributed by atoms with van der Waals surface area (Å²) in [5.41, 5.74) is 0.841. The van der Waals surface area contributed by atoms with Crippen LogP contribution < -0.4 is 4.74 Å². The number of halogens is 1. The highest BCUT2D eigenvalue weighted by Gasteiger charge is 2.35. The van der Waals surface area contributed by atoms with E-state index >= 15 is 0 Å². The normalized spacial score (nSPS) is 18.3. The summed E-state index contributed by atoms with van der Waals surface area (Å²) in [5, 5.41) is 12.0. The minimum atomic E-state index is -3.92. The van der Waals surface area contributed by atoms with E-state index in [0.29, 0.717) is 24.7 Å². The van der Waals surface area contributed by atoms with E-state index in [1.54, 1.807) is 0 Å². The Kier molecular flexibility index (Phi) is 5.17. The van der Waals surface area contributed by atoms with Crippen molar-refractivity contribution in [2.24, 2.45) is 0 Å². The fraction of sp³-hybridized carbons (Fsp3) is 0.333. The van der Waals surface area contributed by atoms with E-state index in [0.717, 1.165) is 18.1 Å². The Morgan fingerprint density at radius 3 is 2.93 bits per heavy atom. The predicted octanol–water partition coefficient (Wildman–Crippen LogP) is 3.51. The zero-order chi connectivity index (χ0) is 19.7. The van der Waals surface area contributed by atoms with Crippen LogP contribution in [0.3, 0.4) is 0 Å². The van der Waals surface area contributed by atoms with Crippen LogP contribution in [-0.2, 0) is 10.0 Å². The molecule has 10 heteroatoms. The van der Waals surface area contributed by atoms with E-state index in [4.69, 9.17) is 9.15 Å². The SMILES string of the molecule is COc1ccc(F)cc1S(=O)(=O)N1CCCC(c2nnc(-c3ccsc3)o2)C1. The van der Waals surface area contributed by atoms with Crippen LogP contribution in [0.2, 0.25) is 0 Å². The summed E-state index contributed by atoms with van der Waals surface area (Å²) in [6, 6.07) is 5.35. The van der Waals surface area contributed by atoms with E-state index in [1.807, 2.05) is 16.8 Å². The second-order valence-electron chi connectivity index (χ2n) is 6.45. The molecular formula is C18H18FN3O4S2. The zero-order valence-corrected chi connectivity index (χ0v) is 16.7. The van der Waals surface area contributed by atoms with Gasteiger partial charge in [-0.1, -0.05) is 0 Å². The van der Waals surface area contributed by atoms with Gasteiger partial charge in [0.15, 0.2) is 0 Å². The summed E-state index contributed by atoms with van der Waals surface area (Å²) in [6.45, 7) is 0.525. The molecule has 4 rings (SSSR count). The number of aromatic nitrogens is 2. The van der Waals surface area contributed by atoms with Gasteiger partial charge < -0.3 is 9.15 Å². The Hall–Kier alpha value is -2.30. The van der Waals surface area contributed by atoms with Crippen LogP contribution in [-0.4, -0.2) is 43.1 Å². The van der Waals surface area contributed by atoms with Gasteiger partial charge in [0.1, 0.15) is 16.5 Å². The molecule has 28 heavy (non-hydrogen) atoms. The molecule has 1 aliphatic heterocycles. The third kappa shape index (κ3) is 3.54. The standard InChI is InChI=1S/C18H18FN3O4S2/c1-25-15-5-4-14(19)9-16(15)28(23,24)22-7-2-3-12(10-22)17-20-21-18(26-17)13-6-8-27-11-13/h4-6,8-9,11-12H,2-3,7,10H2,1H3. The third-order valence-electron chi connectivity index (χ3n) is 4.69. The average molecular weight is 423 g/mol. The van der Waals surface area contributed by atoms with E-state index in [2.05, 4.69) is 10.2 Å². The van der Waals surface area contributed by atoms with Crippen molar-refractivity contribution >= 4 is 21.4 Å². The van der Waals surface area contributed by atoms with Crippen molar-refractivity contribution in [2.45, 2.75) is 23.7 Å². The zero-order valence-electron chi connectivity index (χ0n) is 15.0. The van der Waals surface area contributed by atoms with Gasteiger partial charge in [-0.25, -0.2) is 12.8 Å². The number of nitrogens with zero attached hydrogens (tertiary/aromatic N) is 3. The Labute approximate surface area is 165 Å². The lowest BCUT2D eigenvalue weighted by Gasteiger charge is -2.30. The first-order chi connectivity index (χ1) is 13.5. The Morgan fingerprint density at radius 1 is 1.32 bits per heavy atom. The number of hydrogen-bond acceptors (Lipinski definition) is 7. The Balaban J connectivity index is 1.59. The molecule has 0 saturated carbocycles. The first-order valence-electron chi connectivity index (χ1n) is 8.68. The number of benzene rings is 1. The van der Waals surface area contributed by atoms with Gasteiger partial charge in [-0.05, 0) is 42.5 Å². The van der Waals surface area contributed by atoms with E-state index < -0.39 is 15.8 Å². The van der Waals surface area contributed by atoms with Gasteiger partial charge in [0, 0.05) is 24.0 Å². The Bertz CT molecular complexity index is 1070. The minimum Gasteiger partial charge on any atom is -0.495 e. The number of ether oxygens (including phenoxy) is 1. The fourth-order valence-electron chi connectivity index (χ4n) is 3.26.